The van der Waals surface area contributed by atoms with Crippen LogP contribution in [0, 0.1) is 26.7 Å². The Bertz CT molecular complexity index is 878. The minimum atomic E-state index is -0.163. The van der Waals surface area contributed by atoms with Gasteiger partial charge in [0.2, 0.25) is 5.91 Å². The summed E-state index contributed by atoms with van der Waals surface area (Å²) < 4.78 is 2.14. The molecule has 1 atom stereocenters. The van der Waals surface area contributed by atoms with Gasteiger partial charge in [-0.05, 0) is 51.3 Å². The van der Waals surface area contributed by atoms with Gasteiger partial charge in [0.25, 0.3) is 5.91 Å². The standard InChI is InChI=1S/C22H30N4O2.ClH/c1-15-7-4-5-9-20(15)26-16(2)13-19(17(26)3)22(28)25-12-6-8-18(14-25)21(27)24-11-10-23;/h4-5,7,9,13,18H,6,8,10-12,14,23H2,1-3H3,(H,24,27);1H. The molecule has 0 saturated carbocycles. The third-order valence-corrected chi connectivity index (χ3v) is 5.54. The van der Waals surface area contributed by atoms with E-state index in [1.165, 1.54) is 0 Å². The first kappa shape index (κ1) is 23.0. The normalized spacial score (nSPS) is 16.3. The van der Waals surface area contributed by atoms with Crippen LogP contribution in [0.3, 0.4) is 0 Å². The number of nitrogens with zero attached hydrogens (tertiary/aromatic N) is 2. The van der Waals surface area contributed by atoms with Gasteiger partial charge in [-0.2, -0.15) is 0 Å². The van der Waals surface area contributed by atoms with Crippen molar-refractivity contribution in [2.75, 3.05) is 26.2 Å². The molecule has 1 aromatic heterocycles. The van der Waals surface area contributed by atoms with Crippen LogP contribution in [0.4, 0.5) is 0 Å². The van der Waals surface area contributed by atoms with Crippen LogP contribution in [0.15, 0.2) is 30.3 Å². The average Bonchev–Trinajstić information content (AvgIpc) is 3.00. The molecule has 1 aliphatic heterocycles. The van der Waals surface area contributed by atoms with E-state index in [-0.39, 0.29) is 30.1 Å². The molecule has 0 bridgehead atoms. The maximum atomic E-state index is 13.2. The van der Waals surface area contributed by atoms with Crippen LogP contribution in [0.25, 0.3) is 5.69 Å². The van der Waals surface area contributed by atoms with Crippen LogP contribution in [-0.2, 0) is 4.79 Å². The molecule has 29 heavy (non-hydrogen) atoms. The molecule has 1 fully saturated rings. The maximum Gasteiger partial charge on any atom is 0.255 e. The lowest BCUT2D eigenvalue weighted by Gasteiger charge is -2.32. The van der Waals surface area contributed by atoms with E-state index in [9.17, 15) is 9.59 Å². The van der Waals surface area contributed by atoms with Crippen molar-refractivity contribution in [3.8, 4) is 5.69 Å². The molecule has 158 valence electrons. The van der Waals surface area contributed by atoms with Gasteiger partial charge in [0.15, 0.2) is 0 Å². The monoisotopic (exact) mass is 418 g/mol. The number of halogens is 1. The Morgan fingerprint density at radius 1 is 1.21 bits per heavy atom. The fourth-order valence-electron chi connectivity index (χ4n) is 4.05. The average molecular weight is 419 g/mol. The van der Waals surface area contributed by atoms with E-state index < -0.39 is 0 Å². The summed E-state index contributed by atoms with van der Waals surface area (Å²) in [5.41, 5.74) is 10.4. The van der Waals surface area contributed by atoms with Gasteiger partial charge in [-0.1, -0.05) is 18.2 Å². The highest BCUT2D eigenvalue weighted by Crippen LogP contribution is 2.26. The lowest BCUT2D eigenvalue weighted by molar-refractivity contribution is -0.126. The number of hydrogen-bond acceptors (Lipinski definition) is 3. The Kier molecular flexibility index (Phi) is 7.88. The minimum Gasteiger partial charge on any atom is -0.355 e. The number of nitrogens with two attached hydrogens (primary N) is 1. The molecule has 1 saturated heterocycles. The van der Waals surface area contributed by atoms with Crippen LogP contribution in [0.2, 0.25) is 0 Å². The molecule has 1 aromatic carbocycles. The van der Waals surface area contributed by atoms with Crippen molar-refractivity contribution in [2.24, 2.45) is 11.7 Å². The minimum absolute atomic E-state index is 0. The predicted molar refractivity (Wildman–Crippen MR) is 118 cm³/mol. The molecule has 7 heteroatoms. The van der Waals surface area contributed by atoms with E-state index in [1.807, 2.05) is 36.9 Å². The van der Waals surface area contributed by atoms with Crippen LogP contribution < -0.4 is 11.1 Å². The molecule has 6 nitrogen and oxygen atoms in total. The third-order valence-electron chi connectivity index (χ3n) is 5.54. The van der Waals surface area contributed by atoms with Crippen molar-refractivity contribution < 1.29 is 9.59 Å². The molecule has 0 radical (unpaired) electrons. The van der Waals surface area contributed by atoms with Gasteiger partial charge in [-0.3, -0.25) is 9.59 Å². The van der Waals surface area contributed by atoms with E-state index in [4.69, 9.17) is 5.73 Å². The number of amides is 2. The highest BCUT2D eigenvalue weighted by atomic mass is 35.5. The largest absolute Gasteiger partial charge is 0.355 e. The van der Waals surface area contributed by atoms with E-state index in [0.29, 0.717) is 31.7 Å². The first-order valence-electron chi connectivity index (χ1n) is 9.96. The van der Waals surface area contributed by atoms with Gasteiger partial charge in [0.05, 0.1) is 11.5 Å². The second-order valence-electron chi connectivity index (χ2n) is 7.58. The number of nitrogens with one attached hydrogen (secondary N) is 1. The van der Waals surface area contributed by atoms with E-state index in [2.05, 4.69) is 28.9 Å². The van der Waals surface area contributed by atoms with Gasteiger partial charge in [-0.15, -0.1) is 12.4 Å². The summed E-state index contributed by atoms with van der Waals surface area (Å²) in [6, 6.07) is 10.1. The van der Waals surface area contributed by atoms with Gasteiger partial charge in [0.1, 0.15) is 0 Å². The Balaban J connectivity index is 0.00000300. The summed E-state index contributed by atoms with van der Waals surface area (Å²) in [5.74, 6) is -0.165. The molecule has 0 aliphatic carbocycles. The SMILES string of the molecule is Cc1ccccc1-n1c(C)cc(C(=O)N2CCCC(C(=O)NCCN)C2)c1C.Cl. The van der Waals surface area contributed by atoms with Gasteiger partial charge in [-0.25, -0.2) is 0 Å². The number of benzene rings is 1. The topological polar surface area (TPSA) is 80.4 Å². The van der Waals surface area contributed by atoms with Crippen molar-refractivity contribution >= 4 is 24.2 Å². The molecule has 3 rings (SSSR count). The van der Waals surface area contributed by atoms with Crippen LogP contribution in [-0.4, -0.2) is 47.5 Å². The molecule has 0 spiro atoms. The van der Waals surface area contributed by atoms with Crippen LogP contribution in [0.5, 0.6) is 0 Å². The molecule has 2 amide bonds. The zero-order chi connectivity index (χ0) is 20.3. The first-order valence-corrected chi connectivity index (χ1v) is 9.96. The predicted octanol–water partition coefficient (Wildman–Crippen LogP) is 2.75. The lowest BCUT2D eigenvalue weighted by atomic mass is 9.96. The van der Waals surface area contributed by atoms with Crippen molar-refractivity contribution in [1.82, 2.24) is 14.8 Å². The number of hydrogen-bond donors (Lipinski definition) is 2. The summed E-state index contributed by atoms with van der Waals surface area (Å²) in [5, 5.41) is 2.85. The highest BCUT2D eigenvalue weighted by molar-refractivity contribution is 5.96. The highest BCUT2D eigenvalue weighted by Gasteiger charge is 2.30. The summed E-state index contributed by atoms with van der Waals surface area (Å²) in [4.78, 5) is 27.4. The Hall–Kier alpha value is -2.31. The summed E-state index contributed by atoms with van der Waals surface area (Å²) >= 11 is 0. The lowest BCUT2D eigenvalue weighted by Crippen LogP contribution is -2.46. The van der Waals surface area contributed by atoms with Crippen molar-refractivity contribution in [3.05, 3.63) is 52.8 Å². The smallest absolute Gasteiger partial charge is 0.255 e. The Labute approximate surface area is 178 Å². The van der Waals surface area contributed by atoms with Crippen molar-refractivity contribution in [1.29, 1.82) is 0 Å². The van der Waals surface area contributed by atoms with Crippen LogP contribution >= 0.6 is 12.4 Å². The Morgan fingerprint density at radius 3 is 2.62 bits per heavy atom. The number of rotatable bonds is 5. The summed E-state index contributed by atoms with van der Waals surface area (Å²) in [6.07, 6.45) is 1.64. The number of aryl methyl sites for hydroxylation is 2. The molecule has 2 heterocycles. The van der Waals surface area contributed by atoms with E-state index >= 15 is 0 Å². The van der Waals surface area contributed by atoms with Gasteiger partial charge >= 0.3 is 0 Å². The molecule has 2 aromatic rings. The molecule has 3 N–H and O–H groups in total. The quantitative estimate of drug-likeness (QED) is 0.783. The molecule has 1 unspecified atom stereocenters. The number of likely N-dealkylation sites (tertiary alicyclic amines) is 1. The summed E-state index contributed by atoms with van der Waals surface area (Å²) in [7, 11) is 0. The number of carbonyl (C=O) groups is 2. The molecular weight excluding hydrogens is 388 g/mol. The first-order chi connectivity index (χ1) is 13.4. The third kappa shape index (κ3) is 4.82. The van der Waals surface area contributed by atoms with Gasteiger partial charge in [0, 0.05) is 43.3 Å². The van der Waals surface area contributed by atoms with Crippen molar-refractivity contribution in [2.45, 2.75) is 33.6 Å². The second kappa shape index (κ2) is 9.94. The Morgan fingerprint density at radius 2 is 1.93 bits per heavy atom. The molecule has 1 aliphatic rings. The van der Waals surface area contributed by atoms with Crippen molar-refractivity contribution in [3.63, 3.8) is 0 Å². The maximum absolute atomic E-state index is 13.2. The second-order valence-corrected chi connectivity index (χ2v) is 7.58. The zero-order valence-corrected chi connectivity index (χ0v) is 18.2. The zero-order valence-electron chi connectivity index (χ0n) is 17.4. The fraction of sp³-hybridized carbons (Fsp3) is 0.455. The number of para-hydroxylation sites is 1. The van der Waals surface area contributed by atoms with E-state index in [1.54, 1.807) is 0 Å². The molecular formula is C22H31ClN4O2. The number of aromatic nitrogens is 1. The van der Waals surface area contributed by atoms with Gasteiger partial charge < -0.3 is 20.5 Å². The number of carbonyl (C=O) groups excluding carboxylic acids is 2. The summed E-state index contributed by atoms with van der Waals surface area (Å²) in [6.45, 7) is 8.13. The van der Waals surface area contributed by atoms with Crippen LogP contribution in [0.1, 0.15) is 40.2 Å². The van der Waals surface area contributed by atoms with E-state index in [0.717, 1.165) is 35.5 Å². The number of piperidine rings is 1. The fourth-order valence-corrected chi connectivity index (χ4v) is 4.05.